The lowest BCUT2D eigenvalue weighted by atomic mass is 10.1. The molecule has 3 aromatic rings. The van der Waals surface area contributed by atoms with Crippen LogP contribution in [0.3, 0.4) is 0 Å². The van der Waals surface area contributed by atoms with Crippen molar-refractivity contribution in [2.45, 2.75) is 13.5 Å². The second kappa shape index (κ2) is 8.16. The first-order valence-corrected chi connectivity index (χ1v) is 9.24. The monoisotopic (exact) mass is 405 g/mol. The number of hydrogen-bond acceptors (Lipinski definition) is 7. The number of benzene rings is 3. The van der Waals surface area contributed by atoms with Crippen LogP contribution in [0, 0.1) is 6.92 Å². The number of rotatable bonds is 4. The Bertz CT molecular complexity index is 1110. The lowest BCUT2D eigenvalue weighted by Crippen LogP contribution is -2.11. The minimum absolute atomic E-state index is 0.192. The molecule has 0 amide bonds. The Morgan fingerprint density at radius 2 is 1.83 bits per heavy atom. The lowest BCUT2D eigenvalue weighted by molar-refractivity contribution is 0.0733. The van der Waals surface area contributed by atoms with Gasteiger partial charge in [0.15, 0.2) is 5.75 Å². The Hall–Kier alpha value is -4.00. The molecule has 0 radical (unpaired) electrons. The molecule has 1 aliphatic rings. The molecule has 152 valence electrons. The van der Waals surface area contributed by atoms with Gasteiger partial charge in [-0.3, -0.25) is 0 Å². The maximum Gasteiger partial charge on any atom is 0.513 e. The molecule has 4 rings (SSSR count). The smallest absolute Gasteiger partial charge is 0.488 e. The fourth-order valence-electron chi connectivity index (χ4n) is 3.10. The van der Waals surface area contributed by atoms with Gasteiger partial charge in [0.05, 0.1) is 18.5 Å². The molecule has 0 spiro atoms. The standard InChI is InChI=1S/C23H19NO6/c1-14-10-18-21(20(11-14)28-13-15-6-4-3-5-7-15)22(25)30-19-12-16(29-23(26)27-2)8-9-17(19)24-18/h3-12,24H,13H2,1-2H3. The molecule has 0 saturated heterocycles. The van der Waals surface area contributed by atoms with Crippen LogP contribution in [0.4, 0.5) is 16.2 Å². The third-order valence-electron chi connectivity index (χ3n) is 4.48. The Labute approximate surface area is 173 Å². The highest BCUT2D eigenvalue weighted by molar-refractivity contribution is 6.03. The molecule has 0 aliphatic carbocycles. The second-order valence-electron chi connectivity index (χ2n) is 6.69. The molecule has 0 fully saturated rings. The number of methoxy groups -OCH3 is 1. The maximum absolute atomic E-state index is 12.9. The van der Waals surface area contributed by atoms with Crippen molar-refractivity contribution in [3.8, 4) is 17.2 Å². The number of aryl methyl sites for hydroxylation is 1. The fourth-order valence-corrected chi connectivity index (χ4v) is 3.10. The Morgan fingerprint density at radius 3 is 2.60 bits per heavy atom. The first-order chi connectivity index (χ1) is 14.5. The SMILES string of the molecule is COC(=O)Oc1ccc2c(c1)OC(=O)c1c(cc(C)cc1OCc1ccccc1)N2. The number of esters is 1. The van der Waals surface area contributed by atoms with Gasteiger partial charge in [-0.2, -0.15) is 0 Å². The molecule has 30 heavy (non-hydrogen) atoms. The topological polar surface area (TPSA) is 83.1 Å². The molecule has 0 unspecified atom stereocenters. The third kappa shape index (κ3) is 4.05. The summed E-state index contributed by atoms with van der Waals surface area (Å²) < 4.78 is 21.0. The minimum atomic E-state index is -0.863. The zero-order chi connectivity index (χ0) is 21.1. The molecule has 7 heteroatoms. The zero-order valence-corrected chi connectivity index (χ0v) is 16.4. The van der Waals surface area contributed by atoms with Gasteiger partial charge < -0.3 is 24.3 Å². The van der Waals surface area contributed by atoms with Crippen LogP contribution < -0.4 is 19.5 Å². The van der Waals surface area contributed by atoms with Crippen LogP contribution in [0.1, 0.15) is 21.5 Å². The quantitative estimate of drug-likeness (QED) is 0.372. The van der Waals surface area contributed by atoms with Crippen molar-refractivity contribution in [1.82, 2.24) is 0 Å². The normalized spacial score (nSPS) is 11.9. The van der Waals surface area contributed by atoms with Crippen molar-refractivity contribution < 1.29 is 28.5 Å². The average Bonchev–Trinajstić information content (AvgIpc) is 2.87. The van der Waals surface area contributed by atoms with Crippen molar-refractivity contribution in [1.29, 1.82) is 0 Å². The van der Waals surface area contributed by atoms with Gasteiger partial charge in [0, 0.05) is 6.07 Å². The second-order valence-corrected chi connectivity index (χ2v) is 6.69. The van der Waals surface area contributed by atoms with E-state index >= 15 is 0 Å². The maximum atomic E-state index is 12.9. The molecule has 7 nitrogen and oxygen atoms in total. The molecule has 3 aromatic carbocycles. The predicted octanol–water partition coefficient (Wildman–Crippen LogP) is 5.00. The third-order valence-corrected chi connectivity index (χ3v) is 4.48. The molecule has 0 aromatic heterocycles. The summed E-state index contributed by atoms with van der Waals surface area (Å²) in [7, 11) is 1.21. The van der Waals surface area contributed by atoms with Crippen molar-refractivity contribution in [2.75, 3.05) is 12.4 Å². The Morgan fingerprint density at radius 1 is 1.03 bits per heavy atom. The van der Waals surface area contributed by atoms with Gasteiger partial charge in [0.1, 0.15) is 23.7 Å². The van der Waals surface area contributed by atoms with Gasteiger partial charge in [0.2, 0.25) is 0 Å². The summed E-state index contributed by atoms with van der Waals surface area (Å²) in [5, 5.41) is 3.21. The van der Waals surface area contributed by atoms with Crippen LogP contribution in [0.2, 0.25) is 0 Å². The van der Waals surface area contributed by atoms with Gasteiger partial charge in [-0.15, -0.1) is 0 Å². The van der Waals surface area contributed by atoms with E-state index < -0.39 is 12.1 Å². The first-order valence-electron chi connectivity index (χ1n) is 9.24. The molecular weight excluding hydrogens is 386 g/mol. The van der Waals surface area contributed by atoms with Crippen molar-refractivity contribution in [3.05, 3.63) is 77.4 Å². The molecule has 0 atom stereocenters. The highest BCUT2D eigenvalue weighted by atomic mass is 16.7. The van der Waals surface area contributed by atoms with Crippen molar-refractivity contribution >= 4 is 23.5 Å². The van der Waals surface area contributed by atoms with E-state index in [1.807, 2.05) is 43.3 Å². The Balaban J connectivity index is 1.65. The zero-order valence-electron chi connectivity index (χ0n) is 16.4. The van der Waals surface area contributed by atoms with Crippen LogP contribution in [-0.4, -0.2) is 19.2 Å². The number of hydrogen-bond donors (Lipinski definition) is 1. The molecular formula is C23H19NO6. The summed E-state index contributed by atoms with van der Waals surface area (Å²) in [5.41, 5.74) is 3.33. The van der Waals surface area contributed by atoms with Gasteiger partial charge in [-0.1, -0.05) is 30.3 Å². The summed E-state index contributed by atoms with van der Waals surface area (Å²) in [6.07, 6.45) is -0.863. The number of fused-ring (bicyclic) bond motifs is 2. The molecule has 0 bridgehead atoms. The number of carbonyl (C=O) groups is 2. The number of ether oxygens (including phenoxy) is 4. The fraction of sp³-hybridized carbons (Fsp3) is 0.130. The highest BCUT2D eigenvalue weighted by Crippen LogP contribution is 2.40. The van der Waals surface area contributed by atoms with Crippen molar-refractivity contribution in [3.63, 3.8) is 0 Å². The van der Waals surface area contributed by atoms with Crippen LogP contribution in [0.5, 0.6) is 17.2 Å². The van der Waals surface area contributed by atoms with Crippen LogP contribution in [0.15, 0.2) is 60.7 Å². The van der Waals surface area contributed by atoms with Gasteiger partial charge >= 0.3 is 12.1 Å². The van der Waals surface area contributed by atoms with E-state index in [2.05, 4.69) is 10.1 Å². The van der Waals surface area contributed by atoms with E-state index in [1.165, 1.54) is 13.2 Å². The van der Waals surface area contributed by atoms with E-state index in [-0.39, 0.29) is 11.5 Å². The molecule has 1 aliphatic heterocycles. The van der Waals surface area contributed by atoms with Gasteiger partial charge in [-0.05, 0) is 42.3 Å². The summed E-state index contributed by atoms with van der Waals surface area (Å²) in [6, 6.07) is 18.0. The van der Waals surface area contributed by atoms with Gasteiger partial charge in [0.25, 0.3) is 0 Å². The average molecular weight is 405 g/mol. The number of nitrogens with one attached hydrogen (secondary N) is 1. The summed E-state index contributed by atoms with van der Waals surface area (Å²) >= 11 is 0. The summed E-state index contributed by atoms with van der Waals surface area (Å²) in [5.74, 6) is 0.266. The van der Waals surface area contributed by atoms with E-state index in [1.54, 1.807) is 18.2 Å². The predicted molar refractivity (Wildman–Crippen MR) is 110 cm³/mol. The molecule has 0 saturated carbocycles. The minimum Gasteiger partial charge on any atom is -0.488 e. The Kier molecular flexibility index (Phi) is 5.26. The van der Waals surface area contributed by atoms with E-state index in [4.69, 9.17) is 14.2 Å². The van der Waals surface area contributed by atoms with E-state index in [0.717, 1.165) is 11.1 Å². The van der Waals surface area contributed by atoms with Crippen molar-refractivity contribution in [2.24, 2.45) is 0 Å². The van der Waals surface area contributed by atoms with E-state index in [9.17, 15) is 9.59 Å². The number of anilines is 2. The first kappa shape index (κ1) is 19.3. The highest BCUT2D eigenvalue weighted by Gasteiger charge is 2.26. The van der Waals surface area contributed by atoms with Crippen LogP contribution in [0.25, 0.3) is 0 Å². The largest absolute Gasteiger partial charge is 0.513 e. The van der Waals surface area contributed by atoms with Crippen LogP contribution >= 0.6 is 0 Å². The lowest BCUT2D eigenvalue weighted by Gasteiger charge is -2.14. The molecule has 1 heterocycles. The van der Waals surface area contributed by atoms with Crippen LogP contribution in [-0.2, 0) is 11.3 Å². The van der Waals surface area contributed by atoms with E-state index in [0.29, 0.717) is 29.3 Å². The summed E-state index contributed by atoms with van der Waals surface area (Å²) in [6.45, 7) is 2.23. The molecule has 1 N–H and O–H groups in total. The number of carbonyl (C=O) groups excluding carboxylic acids is 2. The van der Waals surface area contributed by atoms with Gasteiger partial charge in [-0.25, -0.2) is 9.59 Å². The summed E-state index contributed by atoms with van der Waals surface area (Å²) in [4.78, 5) is 24.3.